The van der Waals surface area contributed by atoms with E-state index in [1.54, 1.807) is 0 Å². The highest BCUT2D eigenvalue weighted by molar-refractivity contribution is 5.95. The number of aromatic nitrogens is 4. The van der Waals surface area contributed by atoms with Crippen LogP contribution in [0.3, 0.4) is 0 Å². The van der Waals surface area contributed by atoms with Crippen molar-refractivity contribution < 1.29 is 4.79 Å². The Bertz CT molecular complexity index is 988. The van der Waals surface area contributed by atoms with Crippen LogP contribution in [0.4, 0.5) is 0 Å². The van der Waals surface area contributed by atoms with Gasteiger partial charge in [-0.2, -0.15) is 0 Å². The number of amides is 1. The summed E-state index contributed by atoms with van der Waals surface area (Å²) in [6, 6.07) is 6.10. The van der Waals surface area contributed by atoms with Crippen LogP contribution in [0.25, 0.3) is 0 Å². The summed E-state index contributed by atoms with van der Waals surface area (Å²) in [5.74, 6) is 1.48. The number of aryl methyl sites for hydroxylation is 1. The van der Waals surface area contributed by atoms with Crippen LogP contribution in [0, 0.1) is 13.8 Å². The number of carbonyl (C=O) groups excluding carboxylic acids is 1. The van der Waals surface area contributed by atoms with Crippen molar-refractivity contribution in [2.75, 3.05) is 13.1 Å². The number of nitrogens with zero attached hydrogens (tertiary/aromatic N) is 5. The molecule has 0 N–H and O–H groups in total. The average molecular weight is 392 g/mol. The van der Waals surface area contributed by atoms with Crippen LogP contribution in [-0.4, -0.2) is 43.0 Å². The van der Waals surface area contributed by atoms with Gasteiger partial charge in [0.05, 0.1) is 5.56 Å². The van der Waals surface area contributed by atoms with Gasteiger partial charge in [0.15, 0.2) is 0 Å². The van der Waals surface area contributed by atoms with Crippen LogP contribution in [0.5, 0.6) is 0 Å². The molecule has 1 amide bonds. The van der Waals surface area contributed by atoms with Crippen molar-refractivity contribution in [3.8, 4) is 0 Å². The van der Waals surface area contributed by atoms with Crippen LogP contribution in [0.1, 0.15) is 58.8 Å². The van der Waals surface area contributed by atoms with Gasteiger partial charge in [0.25, 0.3) is 5.91 Å². The minimum absolute atomic E-state index is 0.148. The fourth-order valence-corrected chi connectivity index (χ4v) is 4.55. The second-order valence-electron chi connectivity index (χ2n) is 7.89. The lowest BCUT2D eigenvalue weighted by molar-refractivity contribution is 0.0702. The summed E-state index contributed by atoms with van der Waals surface area (Å²) in [5, 5.41) is 0. The molecular formula is C23H29N5O. The summed E-state index contributed by atoms with van der Waals surface area (Å²) < 4.78 is 4.41. The molecule has 4 heterocycles. The molecule has 0 saturated carbocycles. The van der Waals surface area contributed by atoms with Crippen molar-refractivity contribution in [3.63, 3.8) is 0 Å². The Morgan fingerprint density at radius 2 is 2.00 bits per heavy atom. The highest BCUT2D eigenvalue weighted by atomic mass is 16.2. The molecule has 1 aliphatic rings. The maximum Gasteiger partial charge on any atom is 0.255 e. The van der Waals surface area contributed by atoms with Crippen LogP contribution < -0.4 is 0 Å². The number of hydrogen-bond donors (Lipinski definition) is 0. The molecule has 152 valence electrons. The van der Waals surface area contributed by atoms with E-state index < -0.39 is 0 Å². The average Bonchev–Trinajstić information content (AvgIpc) is 3.32. The molecule has 1 fully saturated rings. The first-order valence-electron chi connectivity index (χ1n) is 10.4. The Morgan fingerprint density at radius 1 is 1.21 bits per heavy atom. The first-order chi connectivity index (χ1) is 14.1. The third kappa shape index (κ3) is 3.84. The number of likely N-dealkylation sites (tertiary alicyclic amines) is 1. The van der Waals surface area contributed by atoms with Gasteiger partial charge in [-0.1, -0.05) is 0 Å². The highest BCUT2D eigenvalue weighted by Crippen LogP contribution is 2.28. The van der Waals surface area contributed by atoms with E-state index in [-0.39, 0.29) is 11.8 Å². The van der Waals surface area contributed by atoms with E-state index >= 15 is 0 Å². The third-order valence-corrected chi connectivity index (χ3v) is 6.04. The summed E-state index contributed by atoms with van der Waals surface area (Å²) in [6.45, 7) is 9.45. The van der Waals surface area contributed by atoms with E-state index in [9.17, 15) is 4.79 Å². The fraction of sp³-hybridized carbons (Fsp3) is 0.435. The topological polar surface area (TPSA) is 56.0 Å². The zero-order chi connectivity index (χ0) is 20.4. The molecule has 29 heavy (non-hydrogen) atoms. The molecule has 6 heteroatoms. The second kappa shape index (κ2) is 8.23. The van der Waals surface area contributed by atoms with Crippen molar-refractivity contribution in [1.29, 1.82) is 0 Å². The molecule has 0 bridgehead atoms. The molecule has 3 aromatic rings. The number of carbonyl (C=O) groups is 1. The van der Waals surface area contributed by atoms with Crippen molar-refractivity contribution in [2.45, 2.75) is 52.6 Å². The normalized spacial score (nSPS) is 16.9. The van der Waals surface area contributed by atoms with Gasteiger partial charge in [-0.3, -0.25) is 9.78 Å². The van der Waals surface area contributed by atoms with Gasteiger partial charge in [0.2, 0.25) is 0 Å². The van der Waals surface area contributed by atoms with Crippen molar-refractivity contribution in [2.24, 2.45) is 0 Å². The van der Waals surface area contributed by atoms with E-state index in [1.807, 2.05) is 54.8 Å². The van der Waals surface area contributed by atoms with Gasteiger partial charge in [-0.15, -0.1) is 0 Å². The molecule has 4 rings (SSSR count). The zero-order valence-corrected chi connectivity index (χ0v) is 17.5. The van der Waals surface area contributed by atoms with E-state index in [0.717, 1.165) is 61.8 Å². The van der Waals surface area contributed by atoms with E-state index in [1.165, 1.54) is 5.56 Å². The van der Waals surface area contributed by atoms with Gasteiger partial charge >= 0.3 is 0 Å². The molecule has 0 radical (unpaired) electrons. The molecule has 6 nitrogen and oxygen atoms in total. The van der Waals surface area contributed by atoms with Crippen LogP contribution in [0.2, 0.25) is 0 Å². The Kier molecular flexibility index (Phi) is 5.51. The molecule has 0 unspecified atom stereocenters. The molecule has 1 saturated heterocycles. The lowest BCUT2D eigenvalue weighted by atomic mass is 9.96. The number of rotatable bonds is 5. The third-order valence-electron chi connectivity index (χ3n) is 6.04. The molecule has 0 spiro atoms. The molecule has 0 aliphatic carbocycles. The summed E-state index contributed by atoms with van der Waals surface area (Å²) in [4.78, 5) is 24.0. The monoisotopic (exact) mass is 391 g/mol. The fourth-order valence-electron chi connectivity index (χ4n) is 4.55. The number of hydrogen-bond acceptors (Lipinski definition) is 3. The second-order valence-corrected chi connectivity index (χ2v) is 7.89. The molecule has 1 aliphatic heterocycles. The maximum absolute atomic E-state index is 13.3. The van der Waals surface area contributed by atoms with Gasteiger partial charge in [0, 0.05) is 68.3 Å². The van der Waals surface area contributed by atoms with Crippen molar-refractivity contribution in [3.05, 3.63) is 71.3 Å². The van der Waals surface area contributed by atoms with Crippen molar-refractivity contribution >= 4 is 5.91 Å². The summed E-state index contributed by atoms with van der Waals surface area (Å²) in [7, 11) is 0. The molecule has 3 aromatic heterocycles. The summed E-state index contributed by atoms with van der Waals surface area (Å²) in [6.07, 6.45) is 9.60. The lowest BCUT2D eigenvalue weighted by Crippen LogP contribution is -2.40. The first-order valence-corrected chi connectivity index (χ1v) is 10.4. The Balaban J connectivity index is 1.52. The van der Waals surface area contributed by atoms with E-state index in [0.29, 0.717) is 0 Å². The molecular weight excluding hydrogens is 362 g/mol. The number of pyridine rings is 1. The smallest absolute Gasteiger partial charge is 0.255 e. The van der Waals surface area contributed by atoms with Gasteiger partial charge in [-0.05, 0) is 57.4 Å². The predicted octanol–water partition coefficient (Wildman–Crippen LogP) is 3.78. The summed E-state index contributed by atoms with van der Waals surface area (Å²) in [5.41, 5.74) is 4.26. The standard InChI is InChI=1S/C23H29N5O/c1-4-28-17(2)14-21(18(28)3)23(29)27-12-5-6-20(16-27)22-25-11-13-26(22)15-19-7-9-24-10-8-19/h7-11,13-14,20H,4-6,12,15-16H2,1-3H3/t20-/m1/s1. The Hall–Kier alpha value is -2.89. The maximum atomic E-state index is 13.3. The van der Waals surface area contributed by atoms with Crippen LogP contribution >= 0.6 is 0 Å². The summed E-state index contributed by atoms with van der Waals surface area (Å²) >= 11 is 0. The van der Waals surface area contributed by atoms with Gasteiger partial charge in [-0.25, -0.2) is 4.98 Å². The van der Waals surface area contributed by atoms with Crippen molar-refractivity contribution in [1.82, 2.24) is 24.0 Å². The first kappa shape index (κ1) is 19.4. The predicted molar refractivity (Wildman–Crippen MR) is 113 cm³/mol. The zero-order valence-electron chi connectivity index (χ0n) is 17.5. The largest absolute Gasteiger partial charge is 0.349 e. The van der Waals surface area contributed by atoms with Gasteiger partial charge in [0.1, 0.15) is 5.82 Å². The van der Waals surface area contributed by atoms with E-state index in [2.05, 4.69) is 32.9 Å². The SMILES string of the molecule is CCn1c(C)cc(C(=O)N2CCC[C@@H](c3nccn3Cc3ccncc3)C2)c1C. The number of piperidine rings is 1. The number of imidazole rings is 1. The minimum Gasteiger partial charge on any atom is -0.349 e. The van der Waals surface area contributed by atoms with E-state index in [4.69, 9.17) is 0 Å². The van der Waals surface area contributed by atoms with Crippen LogP contribution in [0.15, 0.2) is 43.0 Å². The Morgan fingerprint density at radius 3 is 2.72 bits per heavy atom. The quantitative estimate of drug-likeness (QED) is 0.665. The highest BCUT2D eigenvalue weighted by Gasteiger charge is 2.29. The lowest BCUT2D eigenvalue weighted by Gasteiger charge is -2.33. The molecule has 1 atom stereocenters. The Labute approximate surface area is 172 Å². The minimum atomic E-state index is 0.148. The van der Waals surface area contributed by atoms with Crippen LogP contribution in [-0.2, 0) is 13.1 Å². The molecule has 0 aromatic carbocycles. The van der Waals surface area contributed by atoms with Gasteiger partial charge < -0.3 is 14.0 Å².